The zero-order chi connectivity index (χ0) is 13.7. The molecule has 19 heavy (non-hydrogen) atoms. The molecule has 1 atom stereocenters. The monoisotopic (exact) mass is 259 g/mol. The molecule has 0 aliphatic heterocycles. The quantitative estimate of drug-likeness (QED) is 0.865. The molecule has 1 fully saturated rings. The molecule has 1 aliphatic carbocycles. The number of rotatable bonds is 4. The van der Waals surface area contributed by atoms with Crippen LogP contribution in [0.1, 0.15) is 62.6 Å². The van der Waals surface area contributed by atoms with Gasteiger partial charge in [0.2, 0.25) is 5.91 Å². The van der Waals surface area contributed by atoms with Crippen molar-refractivity contribution in [3.63, 3.8) is 0 Å². The first-order valence-electron chi connectivity index (χ1n) is 7.57. The molecule has 1 aromatic carbocycles. The first-order valence-corrected chi connectivity index (χ1v) is 7.57. The summed E-state index contributed by atoms with van der Waals surface area (Å²) >= 11 is 0. The third-order valence-electron chi connectivity index (χ3n) is 4.18. The van der Waals surface area contributed by atoms with Crippen LogP contribution < -0.4 is 5.32 Å². The van der Waals surface area contributed by atoms with Gasteiger partial charge in [0.1, 0.15) is 0 Å². The van der Waals surface area contributed by atoms with Crippen molar-refractivity contribution in [3.8, 4) is 0 Å². The number of benzene rings is 1. The van der Waals surface area contributed by atoms with Gasteiger partial charge in [0.15, 0.2) is 0 Å². The van der Waals surface area contributed by atoms with Gasteiger partial charge in [-0.05, 0) is 31.7 Å². The van der Waals surface area contributed by atoms with Gasteiger partial charge >= 0.3 is 0 Å². The van der Waals surface area contributed by atoms with E-state index in [0.29, 0.717) is 0 Å². The summed E-state index contributed by atoms with van der Waals surface area (Å²) in [5.74, 6) is 0.500. The Morgan fingerprint density at radius 3 is 2.42 bits per heavy atom. The Labute approximate surface area is 116 Å². The minimum Gasteiger partial charge on any atom is -0.349 e. The number of nitrogens with one attached hydrogen (secondary N) is 1. The summed E-state index contributed by atoms with van der Waals surface area (Å²) in [5.41, 5.74) is 2.48. The van der Waals surface area contributed by atoms with Crippen LogP contribution in [0.15, 0.2) is 24.3 Å². The maximum atomic E-state index is 12.3. The molecule has 1 N–H and O–H groups in total. The maximum absolute atomic E-state index is 12.3. The van der Waals surface area contributed by atoms with Crippen LogP contribution in [0, 0.1) is 12.8 Å². The Balaban J connectivity index is 1.98. The number of carbonyl (C=O) groups excluding carboxylic acids is 1. The van der Waals surface area contributed by atoms with Gasteiger partial charge in [0, 0.05) is 5.92 Å². The van der Waals surface area contributed by atoms with Crippen molar-refractivity contribution in [2.75, 3.05) is 0 Å². The zero-order valence-corrected chi connectivity index (χ0v) is 12.1. The number of carbonyl (C=O) groups is 1. The number of amides is 1. The van der Waals surface area contributed by atoms with Gasteiger partial charge in [-0.25, -0.2) is 0 Å². The molecule has 0 saturated heterocycles. The SMILES string of the molecule is CCC(NC(=O)C1CCCCC1)c1ccc(C)cc1. The maximum Gasteiger partial charge on any atom is 0.223 e. The van der Waals surface area contributed by atoms with Gasteiger partial charge in [-0.15, -0.1) is 0 Å². The van der Waals surface area contributed by atoms with E-state index in [-0.39, 0.29) is 17.9 Å². The first-order chi connectivity index (χ1) is 9.20. The van der Waals surface area contributed by atoms with Crippen molar-refractivity contribution in [3.05, 3.63) is 35.4 Å². The molecule has 2 rings (SSSR count). The topological polar surface area (TPSA) is 29.1 Å². The van der Waals surface area contributed by atoms with Crippen LogP contribution in [-0.4, -0.2) is 5.91 Å². The van der Waals surface area contributed by atoms with E-state index in [9.17, 15) is 4.79 Å². The Bertz CT molecular complexity index is 404. The van der Waals surface area contributed by atoms with Crippen molar-refractivity contribution in [2.24, 2.45) is 5.92 Å². The molecule has 1 unspecified atom stereocenters. The van der Waals surface area contributed by atoms with Crippen LogP contribution in [-0.2, 0) is 4.79 Å². The minimum atomic E-state index is 0.162. The summed E-state index contributed by atoms with van der Waals surface area (Å²) in [6, 6.07) is 8.65. The second kappa shape index (κ2) is 6.74. The third kappa shape index (κ3) is 3.82. The molecule has 1 aliphatic rings. The lowest BCUT2D eigenvalue weighted by atomic mass is 9.88. The van der Waals surface area contributed by atoms with E-state index in [1.54, 1.807) is 0 Å². The summed E-state index contributed by atoms with van der Waals surface area (Å²) in [7, 11) is 0. The molecule has 0 aromatic heterocycles. The van der Waals surface area contributed by atoms with Gasteiger partial charge in [-0.2, -0.15) is 0 Å². The van der Waals surface area contributed by atoms with Crippen LogP contribution >= 0.6 is 0 Å². The lowest BCUT2D eigenvalue weighted by Crippen LogP contribution is -2.34. The van der Waals surface area contributed by atoms with Crippen LogP contribution in [0.4, 0.5) is 0 Å². The Morgan fingerprint density at radius 1 is 1.21 bits per heavy atom. The van der Waals surface area contributed by atoms with E-state index < -0.39 is 0 Å². The Morgan fingerprint density at radius 2 is 1.84 bits per heavy atom. The third-order valence-corrected chi connectivity index (χ3v) is 4.18. The van der Waals surface area contributed by atoms with Gasteiger partial charge < -0.3 is 5.32 Å². The Kier molecular flexibility index (Phi) is 5.00. The van der Waals surface area contributed by atoms with Crippen molar-refractivity contribution >= 4 is 5.91 Å². The fourth-order valence-electron chi connectivity index (χ4n) is 2.87. The van der Waals surface area contributed by atoms with E-state index in [1.807, 2.05) is 0 Å². The highest BCUT2D eigenvalue weighted by molar-refractivity contribution is 5.79. The number of hydrogen-bond acceptors (Lipinski definition) is 1. The second-order valence-electron chi connectivity index (χ2n) is 5.72. The molecular weight excluding hydrogens is 234 g/mol. The van der Waals surface area contributed by atoms with Gasteiger partial charge in [0.05, 0.1) is 6.04 Å². The van der Waals surface area contributed by atoms with E-state index >= 15 is 0 Å². The smallest absolute Gasteiger partial charge is 0.223 e. The fourth-order valence-corrected chi connectivity index (χ4v) is 2.87. The number of hydrogen-bond donors (Lipinski definition) is 1. The summed E-state index contributed by atoms with van der Waals surface area (Å²) < 4.78 is 0. The van der Waals surface area contributed by atoms with E-state index in [4.69, 9.17) is 0 Å². The zero-order valence-electron chi connectivity index (χ0n) is 12.1. The van der Waals surface area contributed by atoms with Crippen LogP contribution in [0.3, 0.4) is 0 Å². The first kappa shape index (κ1) is 14.1. The van der Waals surface area contributed by atoms with Gasteiger partial charge in [-0.1, -0.05) is 56.0 Å². The van der Waals surface area contributed by atoms with Crippen LogP contribution in [0.5, 0.6) is 0 Å². The lowest BCUT2D eigenvalue weighted by Gasteiger charge is -2.24. The van der Waals surface area contributed by atoms with Gasteiger partial charge in [-0.3, -0.25) is 4.79 Å². The molecule has 0 bridgehead atoms. The highest BCUT2D eigenvalue weighted by Crippen LogP contribution is 2.25. The summed E-state index contributed by atoms with van der Waals surface area (Å²) in [5, 5.41) is 3.23. The molecule has 2 heteroatoms. The highest BCUT2D eigenvalue weighted by atomic mass is 16.1. The normalized spacial score (nSPS) is 18.0. The predicted octanol–water partition coefficient (Wildman–Crippen LogP) is 4.14. The average Bonchev–Trinajstić information content (AvgIpc) is 2.46. The van der Waals surface area contributed by atoms with E-state index in [1.165, 1.54) is 30.4 Å². The minimum absolute atomic E-state index is 0.162. The summed E-state index contributed by atoms with van der Waals surface area (Å²) in [4.78, 5) is 12.3. The van der Waals surface area contributed by atoms with Gasteiger partial charge in [0.25, 0.3) is 0 Å². The predicted molar refractivity (Wildman–Crippen MR) is 78.9 cm³/mol. The molecule has 0 radical (unpaired) electrons. The largest absolute Gasteiger partial charge is 0.349 e. The molecule has 104 valence electrons. The lowest BCUT2D eigenvalue weighted by molar-refractivity contribution is -0.126. The van der Waals surface area contributed by atoms with Crippen LogP contribution in [0.25, 0.3) is 0 Å². The fraction of sp³-hybridized carbons (Fsp3) is 0.588. The van der Waals surface area contributed by atoms with Crippen molar-refractivity contribution in [1.29, 1.82) is 0 Å². The van der Waals surface area contributed by atoms with E-state index in [2.05, 4.69) is 43.4 Å². The summed E-state index contributed by atoms with van der Waals surface area (Å²) in [6.45, 7) is 4.22. The number of aryl methyl sites for hydroxylation is 1. The molecular formula is C17H25NO. The molecule has 1 saturated carbocycles. The van der Waals surface area contributed by atoms with Crippen molar-refractivity contribution < 1.29 is 4.79 Å². The molecule has 0 spiro atoms. The molecule has 1 amide bonds. The highest BCUT2D eigenvalue weighted by Gasteiger charge is 2.23. The molecule has 1 aromatic rings. The summed E-state index contributed by atoms with van der Waals surface area (Å²) in [6.07, 6.45) is 6.78. The van der Waals surface area contributed by atoms with E-state index in [0.717, 1.165) is 19.3 Å². The Hall–Kier alpha value is -1.31. The van der Waals surface area contributed by atoms with Crippen LogP contribution in [0.2, 0.25) is 0 Å². The molecule has 0 heterocycles. The average molecular weight is 259 g/mol. The molecule has 2 nitrogen and oxygen atoms in total. The van der Waals surface area contributed by atoms with Crippen molar-refractivity contribution in [2.45, 2.75) is 58.4 Å². The second-order valence-corrected chi connectivity index (χ2v) is 5.72. The van der Waals surface area contributed by atoms with Crippen molar-refractivity contribution in [1.82, 2.24) is 5.32 Å². The standard InChI is InChI=1S/C17H25NO/c1-3-16(14-11-9-13(2)10-12-14)18-17(19)15-7-5-4-6-8-15/h9-12,15-16H,3-8H2,1-2H3,(H,18,19).